The van der Waals surface area contributed by atoms with Crippen molar-refractivity contribution in [2.75, 3.05) is 22.1 Å². The van der Waals surface area contributed by atoms with E-state index in [9.17, 15) is 9.59 Å². The molecule has 4 rings (SSSR count). The number of nitrogens with zero attached hydrogens (tertiary/aromatic N) is 1. The minimum absolute atomic E-state index is 0.0249. The topological polar surface area (TPSA) is 61.4 Å². The number of aryl methyl sites for hydroxylation is 2. The van der Waals surface area contributed by atoms with E-state index in [-0.39, 0.29) is 17.9 Å². The van der Waals surface area contributed by atoms with Crippen LogP contribution in [0.4, 0.5) is 17.1 Å². The van der Waals surface area contributed by atoms with E-state index in [1.165, 1.54) is 0 Å². The molecule has 0 spiro atoms. The number of carbonyl (C=O) groups is 2. The quantitative estimate of drug-likeness (QED) is 0.883. The molecule has 1 atom stereocenters. The molecule has 5 nitrogen and oxygen atoms in total. The fourth-order valence-corrected chi connectivity index (χ4v) is 3.72. The average molecular weight is 335 g/mol. The van der Waals surface area contributed by atoms with Gasteiger partial charge in [-0.15, -0.1) is 0 Å². The van der Waals surface area contributed by atoms with Crippen molar-refractivity contribution in [1.82, 2.24) is 0 Å². The van der Waals surface area contributed by atoms with Gasteiger partial charge in [-0.05, 0) is 56.5 Å². The predicted molar refractivity (Wildman–Crippen MR) is 99.3 cm³/mol. The molecule has 25 heavy (non-hydrogen) atoms. The number of amides is 2. The summed E-state index contributed by atoms with van der Waals surface area (Å²) >= 11 is 0. The van der Waals surface area contributed by atoms with Crippen molar-refractivity contribution in [2.45, 2.75) is 32.7 Å². The lowest BCUT2D eigenvalue weighted by Crippen LogP contribution is -2.43. The van der Waals surface area contributed by atoms with Gasteiger partial charge in [0.2, 0.25) is 5.91 Å². The van der Waals surface area contributed by atoms with Crippen LogP contribution in [0.1, 0.15) is 34.3 Å². The van der Waals surface area contributed by atoms with Gasteiger partial charge in [-0.1, -0.05) is 17.7 Å². The molecule has 2 aliphatic heterocycles. The SMILES string of the molecule is Cc1ccc(NC(=O)c2ccc3c(c2)NC(=O)[C@@H]2CCCN32)c(C)c1. The Balaban J connectivity index is 1.60. The Kier molecular flexibility index (Phi) is 3.71. The van der Waals surface area contributed by atoms with Gasteiger partial charge in [0.25, 0.3) is 5.91 Å². The third kappa shape index (κ3) is 2.76. The van der Waals surface area contributed by atoms with E-state index in [2.05, 4.69) is 15.5 Å². The van der Waals surface area contributed by atoms with E-state index in [1.54, 1.807) is 6.07 Å². The first-order valence-corrected chi connectivity index (χ1v) is 8.63. The Morgan fingerprint density at radius 3 is 2.84 bits per heavy atom. The molecule has 0 saturated carbocycles. The van der Waals surface area contributed by atoms with Gasteiger partial charge in [-0.3, -0.25) is 9.59 Å². The second-order valence-corrected chi connectivity index (χ2v) is 6.85. The van der Waals surface area contributed by atoms with Crippen LogP contribution in [0.15, 0.2) is 36.4 Å². The smallest absolute Gasteiger partial charge is 0.255 e. The zero-order valence-corrected chi connectivity index (χ0v) is 14.4. The van der Waals surface area contributed by atoms with Gasteiger partial charge in [-0.25, -0.2) is 0 Å². The molecule has 2 N–H and O–H groups in total. The van der Waals surface area contributed by atoms with Crippen LogP contribution in [-0.4, -0.2) is 24.4 Å². The first-order valence-electron chi connectivity index (χ1n) is 8.63. The zero-order chi connectivity index (χ0) is 17.6. The normalized spacial score (nSPS) is 18.4. The van der Waals surface area contributed by atoms with E-state index >= 15 is 0 Å². The van der Waals surface area contributed by atoms with Crippen LogP contribution in [0.2, 0.25) is 0 Å². The van der Waals surface area contributed by atoms with Crippen molar-refractivity contribution >= 4 is 28.9 Å². The van der Waals surface area contributed by atoms with Crippen LogP contribution < -0.4 is 15.5 Å². The van der Waals surface area contributed by atoms with Gasteiger partial charge in [0, 0.05) is 17.8 Å². The highest BCUT2D eigenvalue weighted by Crippen LogP contribution is 2.37. The van der Waals surface area contributed by atoms with Crippen LogP contribution in [0, 0.1) is 13.8 Å². The number of hydrogen-bond donors (Lipinski definition) is 2. The highest BCUT2D eigenvalue weighted by molar-refractivity contribution is 6.09. The summed E-state index contributed by atoms with van der Waals surface area (Å²) in [5, 5.41) is 5.90. The number of hydrogen-bond acceptors (Lipinski definition) is 3. The van der Waals surface area contributed by atoms with Gasteiger partial charge < -0.3 is 15.5 Å². The Morgan fingerprint density at radius 2 is 2.04 bits per heavy atom. The molecule has 128 valence electrons. The van der Waals surface area contributed by atoms with Gasteiger partial charge >= 0.3 is 0 Å². The van der Waals surface area contributed by atoms with Gasteiger partial charge in [0.15, 0.2) is 0 Å². The fourth-order valence-electron chi connectivity index (χ4n) is 3.72. The van der Waals surface area contributed by atoms with Crippen LogP contribution in [0.5, 0.6) is 0 Å². The third-order valence-electron chi connectivity index (χ3n) is 5.01. The molecule has 0 aromatic heterocycles. The van der Waals surface area contributed by atoms with Crippen LogP contribution >= 0.6 is 0 Å². The predicted octanol–water partition coefficient (Wildman–Crippen LogP) is 3.48. The first-order chi connectivity index (χ1) is 12.0. The maximum absolute atomic E-state index is 12.6. The number of fused-ring (bicyclic) bond motifs is 3. The average Bonchev–Trinajstić information content (AvgIpc) is 3.07. The molecule has 2 aromatic rings. The van der Waals surface area contributed by atoms with E-state index in [4.69, 9.17) is 0 Å². The first kappa shape index (κ1) is 15.7. The Hall–Kier alpha value is -2.82. The minimum atomic E-state index is -0.174. The lowest BCUT2D eigenvalue weighted by atomic mass is 10.1. The number of rotatable bonds is 2. The van der Waals surface area contributed by atoms with Crippen molar-refractivity contribution in [3.8, 4) is 0 Å². The van der Waals surface area contributed by atoms with Crippen LogP contribution in [0.25, 0.3) is 0 Å². The number of carbonyl (C=O) groups excluding carboxylic acids is 2. The standard InChI is InChI=1S/C20H21N3O2/c1-12-5-7-15(13(2)10-12)21-19(24)14-6-8-17-16(11-14)22-20(25)18-4-3-9-23(17)18/h5-8,10-11,18H,3-4,9H2,1-2H3,(H,21,24)(H,22,25)/t18-/m0/s1. The monoisotopic (exact) mass is 335 g/mol. The summed E-state index contributed by atoms with van der Waals surface area (Å²) < 4.78 is 0. The number of benzene rings is 2. The Bertz CT molecular complexity index is 875. The van der Waals surface area contributed by atoms with Gasteiger partial charge in [0.05, 0.1) is 11.4 Å². The molecule has 5 heteroatoms. The van der Waals surface area contributed by atoms with E-state index < -0.39 is 0 Å². The molecule has 1 saturated heterocycles. The third-order valence-corrected chi connectivity index (χ3v) is 5.01. The minimum Gasteiger partial charge on any atom is -0.358 e. The Labute approximate surface area is 147 Å². The Morgan fingerprint density at radius 1 is 1.20 bits per heavy atom. The molecule has 2 aliphatic rings. The highest BCUT2D eigenvalue weighted by atomic mass is 16.2. The maximum Gasteiger partial charge on any atom is 0.255 e. The lowest BCUT2D eigenvalue weighted by molar-refractivity contribution is -0.117. The summed E-state index contributed by atoms with van der Waals surface area (Å²) in [7, 11) is 0. The zero-order valence-electron chi connectivity index (χ0n) is 14.4. The molecule has 0 radical (unpaired) electrons. The largest absolute Gasteiger partial charge is 0.358 e. The molecular formula is C20H21N3O2. The summed E-state index contributed by atoms with van der Waals surface area (Å²) in [5.41, 5.74) is 5.25. The second kappa shape index (κ2) is 5.92. The molecule has 0 unspecified atom stereocenters. The fraction of sp³-hybridized carbons (Fsp3) is 0.300. The second-order valence-electron chi connectivity index (χ2n) is 6.85. The molecule has 0 bridgehead atoms. The van der Waals surface area contributed by atoms with Crippen LogP contribution in [0.3, 0.4) is 0 Å². The number of nitrogens with one attached hydrogen (secondary N) is 2. The maximum atomic E-state index is 12.6. The lowest BCUT2D eigenvalue weighted by Gasteiger charge is -2.33. The van der Waals surface area contributed by atoms with Crippen molar-refractivity contribution < 1.29 is 9.59 Å². The van der Waals surface area contributed by atoms with Crippen molar-refractivity contribution in [1.29, 1.82) is 0 Å². The van der Waals surface area contributed by atoms with Gasteiger partial charge in [-0.2, -0.15) is 0 Å². The summed E-state index contributed by atoms with van der Waals surface area (Å²) in [6.45, 7) is 4.89. The molecular weight excluding hydrogens is 314 g/mol. The van der Waals surface area contributed by atoms with E-state index in [1.807, 2.05) is 44.2 Å². The van der Waals surface area contributed by atoms with Crippen molar-refractivity contribution in [3.05, 3.63) is 53.1 Å². The molecule has 2 amide bonds. The van der Waals surface area contributed by atoms with Crippen molar-refractivity contribution in [2.24, 2.45) is 0 Å². The van der Waals surface area contributed by atoms with Crippen molar-refractivity contribution in [3.63, 3.8) is 0 Å². The molecule has 2 heterocycles. The summed E-state index contributed by atoms with van der Waals surface area (Å²) in [6.07, 6.45) is 1.91. The number of anilines is 3. The van der Waals surface area contributed by atoms with Gasteiger partial charge in [0.1, 0.15) is 6.04 Å². The molecule has 1 fully saturated rings. The molecule has 0 aliphatic carbocycles. The molecule has 2 aromatic carbocycles. The highest BCUT2D eigenvalue weighted by Gasteiger charge is 2.36. The summed E-state index contributed by atoms with van der Waals surface area (Å²) in [6, 6.07) is 11.4. The summed E-state index contributed by atoms with van der Waals surface area (Å²) in [5.74, 6) is -0.149. The van der Waals surface area contributed by atoms with E-state index in [0.717, 1.165) is 47.6 Å². The van der Waals surface area contributed by atoms with E-state index in [0.29, 0.717) is 5.56 Å². The summed E-state index contributed by atoms with van der Waals surface area (Å²) in [4.78, 5) is 27.0. The van der Waals surface area contributed by atoms with Crippen LogP contribution in [-0.2, 0) is 4.79 Å².